The smallest absolute Gasteiger partial charge is 0.243 e. The maximum absolute atomic E-state index is 12.7. The van der Waals surface area contributed by atoms with Gasteiger partial charge in [0.2, 0.25) is 10.0 Å². The fourth-order valence-electron chi connectivity index (χ4n) is 2.55. The zero-order chi connectivity index (χ0) is 15.6. The maximum atomic E-state index is 12.7. The van der Waals surface area contributed by atoms with Crippen LogP contribution in [0.4, 0.5) is 5.69 Å². The van der Waals surface area contributed by atoms with Gasteiger partial charge in [-0.3, -0.25) is 0 Å². The van der Waals surface area contributed by atoms with Crippen LogP contribution in [0.15, 0.2) is 23.1 Å². The number of rotatable bonds is 4. The first-order valence-electron chi connectivity index (χ1n) is 6.86. The Morgan fingerprint density at radius 1 is 1.33 bits per heavy atom. The normalized spacial score (nSPS) is 24.0. The lowest BCUT2D eigenvalue weighted by molar-refractivity contribution is 0.0184. The van der Waals surface area contributed by atoms with Crippen LogP contribution in [0.2, 0.25) is 0 Å². The van der Waals surface area contributed by atoms with Gasteiger partial charge in [-0.15, -0.1) is 0 Å². The summed E-state index contributed by atoms with van der Waals surface area (Å²) in [6.45, 7) is 2.94. The highest BCUT2D eigenvalue weighted by atomic mass is 32.2. The third kappa shape index (κ3) is 3.14. The van der Waals surface area contributed by atoms with E-state index in [0.717, 1.165) is 6.42 Å². The van der Waals surface area contributed by atoms with Crippen LogP contribution in [-0.4, -0.2) is 46.1 Å². The number of hydrogen-bond donors (Lipinski definition) is 1. The summed E-state index contributed by atoms with van der Waals surface area (Å²) in [5, 5.41) is 0. The van der Waals surface area contributed by atoms with E-state index in [-0.39, 0.29) is 11.0 Å². The van der Waals surface area contributed by atoms with Crippen LogP contribution in [0.3, 0.4) is 0 Å². The monoisotopic (exact) mass is 314 g/mol. The van der Waals surface area contributed by atoms with Crippen molar-refractivity contribution < 1.29 is 17.9 Å². The van der Waals surface area contributed by atoms with E-state index in [0.29, 0.717) is 30.4 Å². The van der Waals surface area contributed by atoms with Crippen molar-refractivity contribution in [3.05, 3.63) is 18.2 Å². The zero-order valence-corrected chi connectivity index (χ0v) is 13.4. The van der Waals surface area contributed by atoms with E-state index in [9.17, 15) is 8.42 Å². The third-order valence-electron chi connectivity index (χ3n) is 3.99. The maximum Gasteiger partial charge on any atom is 0.243 e. The minimum absolute atomic E-state index is 0.0795. The molecule has 6 nitrogen and oxygen atoms in total. The van der Waals surface area contributed by atoms with Gasteiger partial charge in [0.25, 0.3) is 0 Å². The molecule has 0 aliphatic carbocycles. The van der Waals surface area contributed by atoms with Crippen molar-refractivity contribution in [3.8, 4) is 5.75 Å². The van der Waals surface area contributed by atoms with Crippen molar-refractivity contribution in [2.75, 3.05) is 33.0 Å². The van der Waals surface area contributed by atoms with Crippen molar-refractivity contribution >= 4 is 15.7 Å². The summed E-state index contributed by atoms with van der Waals surface area (Å²) < 4.78 is 37.3. The van der Waals surface area contributed by atoms with Gasteiger partial charge < -0.3 is 15.2 Å². The Labute approximate surface area is 125 Å². The van der Waals surface area contributed by atoms with E-state index < -0.39 is 10.0 Å². The van der Waals surface area contributed by atoms with Crippen LogP contribution >= 0.6 is 0 Å². The molecular formula is C14H22N2O4S. The first kappa shape index (κ1) is 16.1. The fraction of sp³-hybridized carbons (Fsp3) is 0.571. The molecule has 1 aromatic carbocycles. The molecule has 2 rings (SSSR count). The molecule has 1 fully saturated rings. The van der Waals surface area contributed by atoms with Crippen LogP contribution in [0.25, 0.3) is 0 Å². The van der Waals surface area contributed by atoms with E-state index >= 15 is 0 Å². The van der Waals surface area contributed by atoms with E-state index in [2.05, 4.69) is 6.92 Å². The number of ether oxygens (including phenoxy) is 2. The molecule has 2 N–H and O–H groups in total. The predicted molar refractivity (Wildman–Crippen MR) is 80.7 cm³/mol. The number of nitrogens with zero attached hydrogens (tertiary/aromatic N) is 1. The topological polar surface area (TPSA) is 81.9 Å². The van der Waals surface area contributed by atoms with Gasteiger partial charge in [0.05, 0.1) is 23.8 Å². The Balaban J connectivity index is 2.27. The lowest BCUT2D eigenvalue weighted by Crippen LogP contribution is -2.46. The highest BCUT2D eigenvalue weighted by Gasteiger charge is 2.34. The Hall–Kier alpha value is -1.31. The number of benzene rings is 1. The second-order valence-electron chi connectivity index (χ2n) is 5.31. The third-order valence-corrected chi connectivity index (χ3v) is 5.85. The van der Waals surface area contributed by atoms with Crippen LogP contribution < -0.4 is 10.5 Å². The van der Waals surface area contributed by atoms with Crippen molar-refractivity contribution in [2.24, 2.45) is 5.92 Å². The van der Waals surface area contributed by atoms with E-state index in [1.165, 1.54) is 23.5 Å². The van der Waals surface area contributed by atoms with Crippen LogP contribution in [0.5, 0.6) is 5.75 Å². The molecule has 0 spiro atoms. The molecule has 21 heavy (non-hydrogen) atoms. The Bertz CT molecular complexity index is 603. The number of methoxy groups -OCH3 is 2. The van der Waals surface area contributed by atoms with Gasteiger partial charge in [-0.25, -0.2) is 8.42 Å². The molecule has 1 aromatic rings. The van der Waals surface area contributed by atoms with Crippen LogP contribution in [-0.2, 0) is 14.8 Å². The zero-order valence-electron chi connectivity index (χ0n) is 12.6. The molecule has 0 bridgehead atoms. The van der Waals surface area contributed by atoms with E-state index in [1.54, 1.807) is 13.2 Å². The Kier molecular flexibility index (Phi) is 4.75. The molecule has 0 amide bonds. The summed E-state index contributed by atoms with van der Waals surface area (Å²) in [4.78, 5) is 0.185. The largest absolute Gasteiger partial charge is 0.495 e. The minimum Gasteiger partial charge on any atom is -0.495 e. The molecule has 1 aliphatic rings. The number of nitrogens with two attached hydrogens (primary N) is 1. The molecular weight excluding hydrogens is 292 g/mol. The summed E-state index contributed by atoms with van der Waals surface area (Å²) in [7, 11) is -0.449. The van der Waals surface area contributed by atoms with Crippen molar-refractivity contribution in [1.29, 1.82) is 0 Å². The molecule has 0 aromatic heterocycles. The van der Waals surface area contributed by atoms with Gasteiger partial charge >= 0.3 is 0 Å². The van der Waals surface area contributed by atoms with Gasteiger partial charge in [-0.05, 0) is 30.5 Å². The molecule has 1 heterocycles. The molecule has 2 unspecified atom stereocenters. The Morgan fingerprint density at radius 3 is 2.62 bits per heavy atom. The second kappa shape index (κ2) is 6.21. The SMILES string of the molecule is COc1ccc(S(=O)(=O)N2CCC(C)C(OC)C2)cc1N. The molecule has 1 saturated heterocycles. The average molecular weight is 314 g/mol. The quantitative estimate of drug-likeness (QED) is 0.848. The van der Waals surface area contributed by atoms with E-state index in [4.69, 9.17) is 15.2 Å². The van der Waals surface area contributed by atoms with Crippen molar-refractivity contribution in [1.82, 2.24) is 4.31 Å². The highest BCUT2D eigenvalue weighted by Crippen LogP contribution is 2.29. The van der Waals surface area contributed by atoms with Gasteiger partial charge in [0.1, 0.15) is 5.75 Å². The number of sulfonamides is 1. The summed E-state index contributed by atoms with van der Waals surface area (Å²) >= 11 is 0. The molecule has 0 saturated carbocycles. The average Bonchev–Trinajstić information content (AvgIpc) is 2.47. The van der Waals surface area contributed by atoms with Crippen molar-refractivity contribution in [2.45, 2.75) is 24.3 Å². The molecule has 0 radical (unpaired) electrons. The Morgan fingerprint density at radius 2 is 2.05 bits per heavy atom. The number of piperidine rings is 1. The second-order valence-corrected chi connectivity index (χ2v) is 7.24. The number of anilines is 1. The number of nitrogen functional groups attached to an aromatic ring is 1. The van der Waals surface area contributed by atoms with Gasteiger partial charge in [-0.2, -0.15) is 4.31 Å². The summed E-state index contributed by atoms with van der Waals surface area (Å²) in [5.41, 5.74) is 6.11. The first-order chi connectivity index (χ1) is 9.90. The van der Waals surface area contributed by atoms with E-state index in [1.807, 2.05) is 0 Å². The van der Waals surface area contributed by atoms with Gasteiger partial charge in [-0.1, -0.05) is 6.92 Å². The summed E-state index contributed by atoms with van der Waals surface area (Å²) in [5.74, 6) is 0.818. The van der Waals surface area contributed by atoms with Gasteiger partial charge in [0, 0.05) is 20.2 Å². The summed E-state index contributed by atoms with van der Waals surface area (Å²) in [6, 6.07) is 4.53. The predicted octanol–water partition coefficient (Wildman–Crippen LogP) is 1.32. The molecule has 118 valence electrons. The summed E-state index contributed by atoms with van der Waals surface area (Å²) in [6.07, 6.45) is 0.702. The molecule has 1 aliphatic heterocycles. The number of hydrogen-bond acceptors (Lipinski definition) is 5. The first-order valence-corrected chi connectivity index (χ1v) is 8.30. The lowest BCUT2D eigenvalue weighted by Gasteiger charge is -2.35. The fourth-order valence-corrected chi connectivity index (χ4v) is 4.06. The van der Waals surface area contributed by atoms with Crippen LogP contribution in [0, 0.1) is 5.92 Å². The van der Waals surface area contributed by atoms with Crippen molar-refractivity contribution in [3.63, 3.8) is 0 Å². The molecule has 7 heteroatoms. The standard InChI is InChI=1S/C14H22N2O4S/c1-10-6-7-16(9-14(10)20-3)21(17,18)11-4-5-13(19-2)12(15)8-11/h4-5,8,10,14H,6-7,9,15H2,1-3H3. The van der Waals surface area contributed by atoms with Crippen LogP contribution in [0.1, 0.15) is 13.3 Å². The minimum atomic E-state index is -3.56. The van der Waals surface area contributed by atoms with Gasteiger partial charge in [0.15, 0.2) is 0 Å². The lowest BCUT2D eigenvalue weighted by atomic mass is 9.97. The highest BCUT2D eigenvalue weighted by molar-refractivity contribution is 7.89. The molecule has 2 atom stereocenters.